The number of rotatable bonds is 9. The molecule has 0 aliphatic rings. The van der Waals surface area contributed by atoms with E-state index in [0.717, 1.165) is 0 Å². The minimum absolute atomic E-state index is 0.0518. The molecular formula is C19H25N3O5S2. The summed E-state index contributed by atoms with van der Waals surface area (Å²) < 4.78 is 52.6. The van der Waals surface area contributed by atoms with Crippen molar-refractivity contribution in [2.24, 2.45) is 0 Å². The normalized spacial score (nSPS) is 12.1. The Kier molecular flexibility index (Phi) is 7.53. The van der Waals surface area contributed by atoms with Gasteiger partial charge in [0.15, 0.2) is 0 Å². The van der Waals surface area contributed by atoms with Crippen LogP contribution in [0, 0.1) is 0 Å². The lowest BCUT2D eigenvalue weighted by atomic mass is 10.2. The molecule has 0 saturated carbocycles. The van der Waals surface area contributed by atoms with E-state index < -0.39 is 26.0 Å². The molecule has 0 radical (unpaired) electrons. The highest BCUT2D eigenvalue weighted by Crippen LogP contribution is 2.17. The lowest BCUT2D eigenvalue weighted by Crippen LogP contribution is -2.31. The van der Waals surface area contributed by atoms with E-state index in [1.807, 2.05) is 0 Å². The Hall–Kier alpha value is -2.27. The topological polar surface area (TPSA) is 113 Å². The van der Waals surface area contributed by atoms with E-state index in [1.54, 1.807) is 26.0 Å². The molecule has 0 saturated heterocycles. The molecule has 2 aromatic rings. The van der Waals surface area contributed by atoms with Crippen LogP contribution in [0.4, 0.5) is 0 Å². The maximum absolute atomic E-state index is 12.6. The van der Waals surface area contributed by atoms with Crippen LogP contribution in [0.2, 0.25) is 0 Å². The first kappa shape index (κ1) is 23.0. The van der Waals surface area contributed by atoms with Gasteiger partial charge in [-0.2, -0.15) is 4.31 Å². The number of hydrogen-bond acceptors (Lipinski definition) is 5. The molecule has 0 heterocycles. The highest BCUT2D eigenvalue weighted by Gasteiger charge is 2.22. The molecule has 1 amide bonds. The van der Waals surface area contributed by atoms with Gasteiger partial charge in [0.1, 0.15) is 0 Å². The quantitative estimate of drug-likeness (QED) is 0.616. The maximum Gasteiger partial charge on any atom is 0.251 e. The molecule has 0 aliphatic heterocycles. The van der Waals surface area contributed by atoms with Gasteiger partial charge in [-0.15, -0.1) is 0 Å². The van der Waals surface area contributed by atoms with Crippen LogP contribution in [-0.4, -0.2) is 47.2 Å². The van der Waals surface area contributed by atoms with E-state index in [2.05, 4.69) is 10.0 Å². The largest absolute Gasteiger partial charge is 0.348 e. The van der Waals surface area contributed by atoms with Gasteiger partial charge in [0.25, 0.3) is 5.91 Å². The predicted octanol–water partition coefficient (Wildman–Crippen LogP) is 1.56. The van der Waals surface area contributed by atoms with Crippen LogP contribution in [0.1, 0.15) is 29.8 Å². The molecule has 2 aromatic carbocycles. The molecule has 0 atom stereocenters. The van der Waals surface area contributed by atoms with E-state index in [9.17, 15) is 21.6 Å². The average molecular weight is 440 g/mol. The third-order valence-electron chi connectivity index (χ3n) is 4.37. The zero-order valence-corrected chi connectivity index (χ0v) is 18.2. The fourth-order valence-corrected chi connectivity index (χ4v) is 5.04. The van der Waals surface area contributed by atoms with Gasteiger partial charge in [-0.05, 0) is 42.9 Å². The summed E-state index contributed by atoms with van der Waals surface area (Å²) in [5.74, 6) is -0.455. The molecule has 158 valence electrons. The number of carbonyl (C=O) groups is 1. The SMILES string of the molecule is CCN(CC)S(=O)(=O)c1cccc(C(=O)NCc2cccc(S(=O)(=O)NC)c2)c1. The average Bonchev–Trinajstić information content (AvgIpc) is 2.73. The summed E-state index contributed by atoms with van der Waals surface area (Å²) in [7, 11) is -5.93. The molecule has 2 N–H and O–H groups in total. The van der Waals surface area contributed by atoms with Crippen LogP contribution >= 0.6 is 0 Å². The monoisotopic (exact) mass is 439 g/mol. The van der Waals surface area contributed by atoms with E-state index >= 15 is 0 Å². The molecule has 10 heteroatoms. The standard InChI is InChI=1S/C19H25N3O5S2/c1-4-22(5-2)29(26,27)18-11-7-9-16(13-18)19(23)21-14-15-8-6-10-17(12-15)28(24,25)20-3/h6-13,20H,4-5,14H2,1-3H3,(H,21,23). The van der Waals surface area contributed by atoms with Crippen LogP contribution in [0.3, 0.4) is 0 Å². The van der Waals surface area contributed by atoms with Gasteiger partial charge < -0.3 is 5.32 Å². The Morgan fingerprint density at radius 2 is 1.55 bits per heavy atom. The van der Waals surface area contributed by atoms with Gasteiger partial charge in [-0.25, -0.2) is 21.6 Å². The number of sulfonamides is 2. The van der Waals surface area contributed by atoms with Crippen molar-refractivity contribution in [3.8, 4) is 0 Å². The molecule has 0 fully saturated rings. The summed E-state index contributed by atoms with van der Waals surface area (Å²) in [5.41, 5.74) is 0.804. The zero-order chi connectivity index (χ0) is 21.7. The van der Waals surface area contributed by atoms with Crippen molar-refractivity contribution in [2.45, 2.75) is 30.2 Å². The first-order chi connectivity index (χ1) is 13.7. The Morgan fingerprint density at radius 3 is 2.17 bits per heavy atom. The van der Waals surface area contributed by atoms with Crippen LogP contribution < -0.4 is 10.0 Å². The molecule has 0 aromatic heterocycles. The fraction of sp³-hybridized carbons (Fsp3) is 0.316. The van der Waals surface area contributed by atoms with Crippen LogP contribution in [0.25, 0.3) is 0 Å². The summed E-state index contributed by atoms with van der Waals surface area (Å²) in [6.45, 7) is 4.27. The predicted molar refractivity (Wildman–Crippen MR) is 110 cm³/mol. The molecular weight excluding hydrogens is 414 g/mol. The fourth-order valence-electron chi connectivity index (χ4n) is 2.74. The van der Waals surface area contributed by atoms with Crippen LogP contribution in [-0.2, 0) is 26.6 Å². The minimum atomic E-state index is -3.67. The maximum atomic E-state index is 12.6. The molecule has 0 spiro atoms. The van der Waals surface area contributed by atoms with E-state index in [-0.39, 0.29) is 21.9 Å². The van der Waals surface area contributed by atoms with Gasteiger partial charge in [0.05, 0.1) is 9.79 Å². The smallest absolute Gasteiger partial charge is 0.251 e. The number of nitrogens with zero attached hydrogens (tertiary/aromatic N) is 1. The Morgan fingerprint density at radius 1 is 0.931 bits per heavy atom. The number of benzene rings is 2. The summed E-state index contributed by atoms with van der Waals surface area (Å²) in [6.07, 6.45) is 0. The van der Waals surface area contributed by atoms with Gasteiger partial charge in [0.2, 0.25) is 20.0 Å². The first-order valence-corrected chi connectivity index (χ1v) is 12.0. The van der Waals surface area contributed by atoms with Crippen molar-refractivity contribution in [3.63, 3.8) is 0 Å². The molecule has 0 unspecified atom stereocenters. The highest BCUT2D eigenvalue weighted by atomic mass is 32.2. The third-order valence-corrected chi connectivity index (χ3v) is 7.83. The molecule has 8 nitrogen and oxygen atoms in total. The van der Waals surface area contributed by atoms with E-state index in [0.29, 0.717) is 18.7 Å². The van der Waals surface area contributed by atoms with Crippen LogP contribution in [0.15, 0.2) is 58.3 Å². The summed E-state index contributed by atoms with van der Waals surface area (Å²) >= 11 is 0. The van der Waals surface area contributed by atoms with Crippen molar-refractivity contribution in [3.05, 3.63) is 59.7 Å². The van der Waals surface area contributed by atoms with Crippen molar-refractivity contribution in [1.29, 1.82) is 0 Å². The second-order valence-electron chi connectivity index (χ2n) is 6.15. The molecule has 0 bridgehead atoms. The van der Waals surface area contributed by atoms with Gasteiger partial charge >= 0.3 is 0 Å². The van der Waals surface area contributed by atoms with Crippen molar-refractivity contribution in [2.75, 3.05) is 20.1 Å². The van der Waals surface area contributed by atoms with Crippen LogP contribution in [0.5, 0.6) is 0 Å². The van der Waals surface area contributed by atoms with Crippen molar-refractivity contribution < 1.29 is 21.6 Å². The van der Waals surface area contributed by atoms with Gasteiger partial charge in [-0.3, -0.25) is 4.79 Å². The van der Waals surface area contributed by atoms with Crippen molar-refractivity contribution in [1.82, 2.24) is 14.3 Å². The summed E-state index contributed by atoms with van der Waals surface area (Å²) in [5, 5.41) is 2.69. The second kappa shape index (κ2) is 9.49. The molecule has 0 aliphatic carbocycles. The Balaban J connectivity index is 2.18. The zero-order valence-electron chi connectivity index (χ0n) is 16.5. The minimum Gasteiger partial charge on any atom is -0.348 e. The third kappa shape index (κ3) is 5.41. The molecule has 2 rings (SSSR count). The first-order valence-electron chi connectivity index (χ1n) is 9.06. The number of carbonyl (C=O) groups excluding carboxylic acids is 1. The number of amides is 1. The van der Waals surface area contributed by atoms with E-state index in [1.165, 1.54) is 47.8 Å². The lowest BCUT2D eigenvalue weighted by molar-refractivity contribution is 0.0950. The molecule has 29 heavy (non-hydrogen) atoms. The summed E-state index contributed by atoms with van der Waals surface area (Å²) in [6, 6.07) is 12.0. The number of nitrogens with one attached hydrogen (secondary N) is 2. The highest BCUT2D eigenvalue weighted by molar-refractivity contribution is 7.89. The van der Waals surface area contributed by atoms with Gasteiger partial charge in [-0.1, -0.05) is 32.0 Å². The van der Waals surface area contributed by atoms with Gasteiger partial charge in [0, 0.05) is 25.2 Å². The van der Waals surface area contributed by atoms with Crippen molar-refractivity contribution >= 4 is 26.0 Å². The Bertz CT molecular complexity index is 1080. The van der Waals surface area contributed by atoms with E-state index in [4.69, 9.17) is 0 Å². The number of hydrogen-bond donors (Lipinski definition) is 2. The second-order valence-corrected chi connectivity index (χ2v) is 9.98. The lowest BCUT2D eigenvalue weighted by Gasteiger charge is -2.18. The Labute approximate surface area is 172 Å². The summed E-state index contributed by atoms with van der Waals surface area (Å²) in [4.78, 5) is 12.6.